The molecule has 0 aromatic rings. The van der Waals surface area contributed by atoms with Crippen molar-refractivity contribution in [2.75, 3.05) is 6.61 Å². The van der Waals surface area contributed by atoms with E-state index >= 15 is 0 Å². The molecule has 3 unspecified atom stereocenters. The molecule has 1 N–H and O–H groups in total. The number of ether oxygens (including phenoxy) is 1. The van der Waals surface area contributed by atoms with Crippen molar-refractivity contribution < 1.29 is 9.84 Å². The van der Waals surface area contributed by atoms with Gasteiger partial charge in [0.1, 0.15) is 0 Å². The van der Waals surface area contributed by atoms with Crippen LogP contribution in [0.2, 0.25) is 0 Å². The average molecular weight is 212 g/mol. The van der Waals surface area contributed by atoms with Gasteiger partial charge in [-0.3, -0.25) is 0 Å². The smallest absolute Gasteiger partial charge is 0.0745 e. The zero-order valence-corrected chi connectivity index (χ0v) is 10.4. The van der Waals surface area contributed by atoms with Gasteiger partial charge in [-0.25, -0.2) is 0 Å². The van der Waals surface area contributed by atoms with Gasteiger partial charge >= 0.3 is 0 Å². The van der Waals surface area contributed by atoms with E-state index in [1.165, 1.54) is 19.3 Å². The molecule has 0 aliphatic heterocycles. The van der Waals surface area contributed by atoms with E-state index in [0.29, 0.717) is 23.5 Å². The first-order valence-corrected chi connectivity index (χ1v) is 6.17. The molecule has 0 radical (unpaired) electrons. The van der Waals surface area contributed by atoms with Crippen LogP contribution in [0, 0.1) is 16.7 Å². The molecular formula is C13H24O2. The quantitative estimate of drug-likeness (QED) is 0.779. The molecule has 15 heavy (non-hydrogen) atoms. The molecule has 2 bridgehead atoms. The molecule has 0 heterocycles. The van der Waals surface area contributed by atoms with E-state index in [0.717, 1.165) is 5.92 Å². The van der Waals surface area contributed by atoms with Gasteiger partial charge in [0.25, 0.3) is 0 Å². The summed E-state index contributed by atoms with van der Waals surface area (Å²) in [6.07, 6.45) is 3.86. The fourth-order valence-electron chi connectivity index (χ4n) is 3.64. The van der Waals surface area contributed by atoms with Crippen LogP contribution in [0.1, 0.15) is 47.0 Å². The van der Waals surface area contributed by atoms with E-state index < -0.39 is 0 Å². The second-order valence-corrected chi connectivity index (χ2v) is 6.28. The molecule has 2 heteroatoms. The number of rotatable bonds is 3. The summed E-state index contributed by atoms with van der Waals surface area (Å²) in [4.78, 5) is 0. The van der Waals surface area contributed by atoms with E-state index in [1.807, 2.05) is 0 Å². The highest BCUT2D eigenvalue weighted by Crippen LogP contribution is 2.66. The van der Waals surface area contributed by atoms with Gasteiger partial charge in [-0.1, -0.05) is 20.8 Å². The molecule has 2 aliphatic rings. The van der Waals surface area contributed by atoms with E-state index in [9.17, 15) is 5.11 Å². The summed E-state index contributed by atoms with van der Waals surface area (Å²) in [5, 5.41) is 9.27. The van der Waals surface area contributed by atoms with Crippen molar-refractivity contribution in [3.8, 4) is 0 Å². The molecule has 0 spiro atoms. The van der Waals surface area contributed by atoms with Crippen molar-refractivity contribution in [3.63, 3.8) is 0 Å². The van der Waals surface area contributed by atoms with Gasteiger partial charge in [0, 0.05) is 0 Å². The van der Waals surface area contributed by atoms with Crippen LogP contribution in [0.4, 0.5) is 0 Å². The summed E-state index contributed by atoms with van der Waals surface area (Å²) >= 11 is 0. The average Bonchev–Trinajstić information content (AvgIpc) is 2.46. The SMILES string of the molecule is C[C@@H](O)COC1CC2CCC1(C)C2(C)C. The van der Waals surface area contributed by atoms with E-state index in [2.05, 4.69) is 20.8 Å². The van der Waals surface area contributed by atoms with Crippen LogP contribution in [0.15, 0.2) is 0 Å². The molecule has 2 rings (SSSR count). The lowest BCUT2D eigenvalue weighted by molar-refractivity contribution is -0.0714. The Balaban J connectivity index is 2.06. The molecule has 88 valence electrons. The Labute approximate surface area is 93.0 Å². The summed E-state index contributed by atoms with van der Waals surface area (Å²) in [6.45, 7) is 9.42. The van der Waals surface area contributed by atoms with Crippen LogP contribution in [-0.2, 0) is 4.74 Å². The topological polar surface area (TPSA) is 29.5 Å². The van der Waals surface area contributed by atoms with Gasteiger partial charge in [-0.15, -0.1) is 0 Å². The monoisotopic (exact) mass is 212 g/mol. The highest BCUT2D eigenvalue weighted by Gasteiger charge is 2.61. The number of fused-ring (bicyclic) bond motifs is 2. The molecule has 0 aromatic carbocycles. The minimum absolute atomic E-state index is 0.326. The summed E-state index contributed by atoms with van der Waals surface area (Å²) in [7, 11) is 0. The Morgan fingerprint density at radius 3 is 2.47 bits per heavy atom. The number of hydrogen-bond donors (Lipinski definition) is 1. The van der Waals surface area contributed by atoms with Crippen LogP contribution >= 0.6 is 0 Å². The molecule has 4 atom stereocenters. The Morgan fingerprint density at radius 1 is 1.40 bits per heavy atom. The Morgan fingerprint density at radius 2 is 2.07 bits per heavy atom. The predicted molar refractivity (Wildman–Crippen MR) is 60.6 cm³/mol. The molecular weight excluding hydrogens is 188 g/mol. The first kappa shape index (κ1) is 11.4. The highest BCUT2D eigenvalue weighted by molar-refractivity contribution is 5.11. The third-order valence-electron chi connectivity index (χ3n) is 5.25. The van der Waals surface area contributed by atoms with Gasteiger partial charge in [-0.05, 0) is 42.9 Å². The zero-order valence-electron chi connectivity index (χ0n) is 10.4. The molecule has 2 nitrogen and oxygen atoms in total. The maximum absolute atomic E-state index is 9.27. The van der Waals surface area contributed by atoms with Crippen molar-refractivity contribution in [3.05, 3.63) is 0 Å². The first-order valence-electron chi connectivity index (χ1n) is 6.17. The maximum atomic E-state index is 9.27. The van der Waals surface area contributed by atoms with Gasteiger partial charge in [-0.2, -0.15) is 0 Å². The molecule has 0 amide bonds. The maximum Gasteiger partial charge on any atom is 0.0745 e. The summed E-state index contributed by atoms with van der Waals surface area (Å²) in [5.74, 6) is 0.821. The van der Waals surface area contributed by atoms with Crippen LogP contribution in [0.25, 0.3) is 0 Å². The Kier molecular flexibility index (Phi) is 2.63. The minimum atomic E-state index is -0.337. The summed E-state index contributed by atoms with van der Waals surface area (Å²) in [5.41, 5.74) is 0.739. The van der Waals surface area contributed by atoms with Crippen molar-refractivity contribution in [1.29, 1.82) is 0 Å². The third-order valence-corrected chi connectivity index (χ3v) is 5.25. The van der Waals surface area contributed by atoms with Gasteiger partial charge < -0.3 is 9.84 Å². The lowest BCUT2D eigenvalue weighted by Gasteiger charge is -2.39. The molecule has 2 fully saturated rings. The molecule has 0 saturated heterocycles. The van der Waals surface area contributed by atoms with E-state index in [1.54, 1.807) is 6.92 Å². The largest absolute Gasteiger partial charge is 0.391 e. The minimum Gasteiger partial charge on any atom is -0.391 e. The number of hydrogen-bond acceptors (Lipinski definition) is 2. The Bertz CT molecular complexity index is 247. The lowest BCUT2D eigenvalue weighted by atomic mass is 9.70. The second-order valence-electron chi connectivity index (χ2n) is 6.28. The van der Waals surface area contributed by atoms with Crippen LogP contribution in [-0.4, -0.2) is 23.9 Å². The standard InChI is InChI=1S/C13H24O2/c1-9(14)8-15-11-7-10-5-6-13(11,4)12(10,2)3/h9-11,14H,5-8H2,1-4H3/t9-,10?,11?,13?/m1/s1. The van der Waals surface area contributed by atoms with E-state index in [-0.39, 0.29) is 6.10 Å². The van der Waals surface area contributed by atoms with Crippen LogP contribution in [0.5, 0.6) is 0 Å². The third kappa shape index (κ3) is 1.53. The molecule has 2 aliphatic carbocycles. The van der Waals surface area contributed by atoms with Crippen molar-refractivity contribution in [1.82, 2.24) is 0 Å². The fourth-order valence-corrected chi connectivity index (χ4v) is 3.64. The first-order chi connectivity index (χ1) is 6.88. The van der Waals surface area contributed by atoms with Gasteiger partial charge in [0.15, 0.2) is 0 Å². The van der Waals surface area contributed by atoms with Crippen molar-refractivity contribution in [2.24, 2.45) is 16.7 Å². The van der Waals surface area contributed by atoms with Crippen molar-refractivity contribution >= 4 is 0 Å². The second kappa shape index (κ2) is 3.46. The number of aliphatic hydroxyl groups excluding tert-OH is 1. The normalized spacial score (nSPS) is 44.6. The fraction of sp³-hybridized carbons (Fsp3) is 1.00. The van der Waals surface area contributed by atoms with Gasteiger partial charge in [0.2, 0.25) is 0 Å². The molecule has 2 saturated carbocycles. The van der Waals surface area contributed by atoms with Gasteiger partial charge in [0.05, 0.1) is 18.8 Å². The zero-order chi connectivity index (χ0) is 11.3. The highest BCUT2D eigenvalue weighted by atomic mass is 16.5. The Hall–Kier alpha value is -0.0800. The van der Waals surface area contributed by atoms with Crippen molar-refractivity contribution in [2.45, 2.75) is 59.2 Å². The van der Waals surface area contributed by atoms with Crippen LogP contribution < -0.4 is 0 Å². The predicted octanol–water partition coefficient (Wildman–Crippen LogP) is 2.60. The summed E-state index contributed by atoms with van der Waals surface area (Å²) < 4.78 is 5.89. The van der Waals surface area contributed by atoms with Crippen LogP contribution in [0.3, 0.4) is 0 Å². The lowest BCUT2D eigenvalue weighted by Crippen LogP contribution is -2.38. The molecule has 0 aromatic heterocycles. The number of aliphatic hydroxyl groups is 1. The van der Waals surface area contributed by atoms with E-state index in [4.69, 9.17) is 4.74 Å². The summed E-state index contributed by atoms with van der Waals surface area (Å²) in [6, 6.07) is 0.